The summed E-state index contributed by atoms with van der Waals surface area (Å²) in [5, 5.41) is 8.76. The topological polar surface area (TPSA) is 55.8 Å². The molecule has 0 aromatic heterocycles. The smallest absolute Gasteiger partial charge is 0.334 e. The molecule has 4 heteroatoms. The summed E-state index contributed by atoms with van der Waals surface area (Å²) in [5.74, 6) is -0.545. The zero-order chi connectivity index (χ0) is 7.98. The Balaban J connectivity index is 3.37. The quantitative estimate of drug-likeness (QED) is 0.447. The van der Waals surface area contributed by atoms with Crippen LogP contribution in [0, 0.1) is 0 Å². The minimum atomic E-state index is -0.998. The standard InChI is InChI=1S/C6H12O4/c1-3-5(7)10-6(8)4-9-2/h5,7H,3-4H2,1-2H3. The molecule has 4 nitrogen and oxygen atoms in total. The van der Waals surface area contributed by atoms with E-state index >= 15 is 0 Å². The maximum Gasteiger partial charge on any atom is 0.334 e. The van der Waals surface area contributed by atoms with Gasteiger partial charge in [0, 0.05) is 13.5 Å². The van der Waals surface area contributed by atoms with E-state index in [9.17, 15) is 4.79 Å². The molecule has 0 spiro atoms. The normalized spacial score (nSPS) is 12.7. The molecule has 1 atom stereocenters. The molecule has 0 radical (unpaired) electrons. The van der Waals surface area contributed by atoms with E-state index in [1.807, 2.05) is 0 Å². The van der Waals surface area contributed by atoms with Gasteiger partial charge in [0.05, 0.1) is 0 Å². The molecule has 0 bridgehead atoms. The summed E-state index contributed by atoms with van der Waals surface area (Å²) < 4.78 is 8.89. The van der Waals surface area contributed by atoms with Gasteiger partial charge in [-0.15, -0.1) is 0 Å². The second-order valence-electron chi connectivity index (χ2n) is 1.79. The van der Waals surface area contributed by atoms with Gasteiger partial charge in [-0.3, -0.25) is 0 Å². The zero-order valence-electron chi connectivity index (χ0n) is 6.16. The second-order valence-corrected chi connectivity index (χ2v) is 1.79. The summed E-state index contributed by atoms with van der Waals surface area (Å²) in [7, 11) is 1.39. The number of aliphatic hydroxyl groups excluding tert-OH is 1. The summed E-state index contributed by atoms with van der Waals surface area (Å²) in [5.41, 5.74) is 0. The third kappa shape index (κ3) is 4.29. The van der Waals surface area contributed by atoms with Crippen molar-refractivity contribution in [1.29, 1.82) is 0 Å². The number of hydrogen-bond acceptors (Lipinski definition) is 4. The number of ether oxygens (including phenoxy) is 2. The fraction of sp³-hybridized carbons (Fsp3) is 0.833. The average Bonchev–Trinajstić information content (AvgIpc) is 1.88. The molecule has 0 heterocycles. The van der Waals surface area contributed by atoms with Gasteiger partial charge in [-0.1, -0.05) is 6.92 Å². The van der Waals surface area contributed by atoms with E-state index in [-0.39, 0.29) is 6.61 Å². The van der Waals surface area contributed by atoms with Gasteiger partial charge in [-0.05, 0) is 0 Å². The van der Waals surface area contributed by atoms with Gasteiger partial charge in [0.1, 0.15) is 6.61 Å². The lowest BCUT2D eigenvalue weighted by Crippen LogP contribution is -2.19. The molecular weight excluding hydrogens is 136 g/mol. The van der Waals surface area contributed by atoms with Crippen LogP contribution < -0.4 is 0 Å². The van der Waals surface area contributed by atoms with Gasteiger partial charge in [-0.25, -0.2) is 4.79 Å². The lowest BCUT2D eigenvalue weighted by atomic mass is 10.5. The van der Waals surface area contributed by atoms with E-state index in [0.29, 0.717) is 6.42 Å². The maximum absolute atomic E-state index is 10.5. The predicted molar refractivity (Wildman–Crippen MR) is 34.3 cm³/mol. The Kier molecular flexibility index (Phi) is 4.88. The minimum Gasteiger partial charge on any atom is -0.434 e. The molecule has 0 amide bonds. The number of methoxy groups -OCH3 is 1. The second kappa shape index (κ2) is 5.20. The van der Waals surface area contributed by atoms with Gasteiger partial charge < -0.3 is 14.6 Å². The summed E-state index contributed by atoms with van der Waals surface area (Å²) in [6.07, 6.45) is -0.599. The van der Waals surface area contributed by atoms with Crippen LogP contribution in [0.4, 0.5) is 0 Å². The molecule has 0 rings (SSSR count). The highest BCUT2D eigenvalue weighted by atomic mass is 16.6. The number of aliphatic hydroxyl groups is 1. The van der Waals surface area contributed by atoms with E-state index in [1.165, 1.54) is 7.11 Å². The van der Waals surface area contributed by atoms with E-state index < -0.39 is 12.3 Å². The van der Waals surface area contributed by atoms with Gasteiger partial charge in [0.25, 0.3) is 0 Å². The van der Waals surface area contributed by atoms with Gasteiger partial charge in [-0.2, -0.15) is 0 Å². The van der Waals surface area contributed by atoms with Gasteiger partial charge in [0.2, 0.25) is 0 Å². The number of carbonyl (C=O) groups is 1. The summed E-state index contributed by atoms with van der Waals surface area (Å²) in [6, 6.07) is 0. The van der Waals surface area contributed by atoms with Crippen molar-refractivity contribution >= 4 is 5.97 Å². The molecule has 0 aromatic carbocycles. The van der Waals surface area contributed by atoms with Crippen LogP contribution in [0.15, 0.2) is 0 Å². The molecule has 0 aliphatic carbocycles. The number of rotatable bonds is 4. The molecule has 60 valence electrons. The van der Waals surface area contributed by atoms with E-state index in [2.05, 4.69) is 9.47 Å². The van der Waals surface area contributed by atoms with Crippen LogP contribution >= 0.6 is 0 Å². The fourth-order valence-electron chi connectivity index (χ4n) is 0.387. The van der Waals surface area contributed by atoms with Crippen LogP contribution in [0.3, 0.4) is 0 Å². The highest BCUT2D eigenvalue weighted by Gasteiger charge is 2.06. The van der Waals surface area contributed by atoms with Gasteiger partial charge in [0.15, 0.2) is 6.29 Å². The first-order valence-electron chi connectivity index (χ1n) is 3.07. The van der Waals surface area contributed by atoms with Crippen LogP contribution in [-0.2, 0) is 14.3 Å². The van der Waals surface area contributed by atoms with Crippen molar-refractivity contribution < 1.29 is 19.4 Å². The highest BCUT2D eigenvalue weighted by Crippen LogP contribution is 1.92. The third-order valence-electron chi connectivity index (χ3n) is 0.879. The lowest BCUT2D eigenvalue weighted by Gasteiger charge is -2.07. The molecular formula is C6H12O4. The van der Waals surface area contributed by atoms with Crippen molar-refractivity contribution in [1.82, 2.24) is 0 Å². The molecule has 1 unspecified atom stereocenters. The maximum atomic E-state index is 10.5. The fourth-order valence-corrected chi connectivity index (χ4v) is 0.387. The Morgan fingerprint density at radius 2 is 2.30 bits per heavy atom. The molecule has 1 N–H and O–H groups in total. The van der Waals surface area contributed by atoms with Crippen molar-refractivity contribution in [2.75, 3.05) is 13.7 Å². The van der Waals surface area contributed by atoms with Gasteiger partial charge >= 0.3 is 5.97 Å². The first-order chi connectivity index (χ1) is 4.70. The monoisotopic (exact) mass is 148 g/mol. The molecule has 0 saturated heterocycles. The van der Waals surface area contributed by atoms with Crippen molar-refractivity contribution in [3.8, 4) is 0 Å². The van der Waals surface area contributed by atoms with Crippen LogP contribution in [0.1, 0.15) is 13.3 Å². The summed E-state index contributed by atoms with van der Waals surface area (Å²) >= 11 is 0. The van der Waals surface area contributed by atoms with Crippen molar-refractivity contribution in [2.45, 2.75) is 19.6 Å². The Bertz CT molecular complexity index is 102. The predicted octanol–water partition coefficient (Wildman–Crippen LogP) is -0.0956. The first kappa shape index (κ1) is 9.39. The lowest BCUT2D eigenvalue weighted by molar-refractivity contribution is -0.172. The molecule has 0 fully saturated rings. The molecule has 0 aliphatic heterocycles. The largest absolute Gasteiger partial charge is 0.434 e. The van der Waals surface area contributed by atoms with Crippen LogP contribution in [-0.4, -0.2) is 31.1 Å². The zero-order valence-corrected chi connectivity index (χ0v) is 6.16. The van der Waals surface area contributed by atoms with Crippen LogP contribution in [0.2, 0.25) is 0 Å². The number of carbonyl (C=O) groups excluding carboxylic acids is 1. The van der Waals surface area contributed by atoms with E-state index in [4.69, 9.17) is 5.11 Å². The minimum absolute atomic E-state index is 0.114. The van der Waals surface area contributed by atoms with Crippen molar-refractivity contribution in [3.05, 3.63) is 0 Å². The third-order valence-corrected chi connectivity index (χ3v) is 0.879. The summed E-state index contributed by atoms with van der Waals surface area (Å²) in [4.78, 5) is 10.5. The molecule has 0 aliphatic rings. The Morgan fingerprint density at radius 3 is 2.70 bits per heavy atom. The number of esters is 1. The Hall–Kier alpha value is -0.610. The first-order valence-corrected chi connectivity index (χ1v) is 3.07. The summed E-state index contributed by atoms with van der Waals surface area (Å²) in [6.45, 7) is 1.60. The SMILES string of the molecule is CCC(O)OC(=O)COC. The van der Waals surface area contributed by atoms with E-state index in [0.717, 1.165) is 0 Å². The molecule has 10 heavy (non-hydrogen) atoms. The van der Waals surface area contributed by atoms with Crippen molar-refractivity contribution in [2.24, 2.45) is 0 Å². The average molecular weight is 148 g/mol. The Morgan fingerprint density at radius 1 is 1.70 bits per heavy atom. The highest BCUT2D eigenvalue weighted by molar-refractivity contribution is 5.70. The van der Waals surface area contributed by atoms with Crippen LogP contribution in [0.5, 0.6) is 0 Å². The van der Waals surface area contributed by atoms with Crippen molar-refractivity contribution in [3.63, 3.8) is 0 Å². The number of hydrogen-bond donors (Lipinski definition) is 1. The molecule has 0 saturated carbocycles. The Labute approximate surface area is 59.7 Å². The van der Waals surface area contributed by atoms with E-state index in [1.54, 1.807) is 6.92 Å². The van der Waals surface area contributed by atoms with Crippen LogP contribution in [0.25, 0.3) is 0 Å². The molecule has 0 aromatic rings.